The summed E-state index contributed by atoms with van der Waals surface area (Å²) in [5.74, 6) is 0. The van der Waals surface area contributed by atoms with Crippen molar-refractivity contribution in [2.75, 3.05) is 0 Å². The Kier molecular flexibility index (Phi) is 2.47. The summed E-state index contributed by atoms with van der Waals surface area (Å²) in [6.07, 6.45) is 4.03. The van der Waals surface area contributed by atoms with Crippen LogP contribution in [0.5, 0.6) is 0 Å². The lowest BCUT2D eigenvalue weighted by Gasteiger charge is -2.27. The average molecular weight is 203 g/mol. The van der Waals surface area contributed by atoms with Gasteiger partial charge in [-0.15, -0.1) is 5.10 Å². The fourth-order valence-corrected chi connectivity index (χ4v) is 1.92. The first-order valence-corrected chi connectivity index (χ1v) is 5.51. The van der Waals surface area contributed by atoms with Crippen LogP contribution in [0, 0.1) is 0 Å². The van der Waals surface area contributed by atoms with E-state index in [1.165, 1.54) is 5.69 Å². The third-order valence-electron chi connectivity index (χ3n) is 3.50. The molecule has 0 aliphatic carbocycles. The number of pyridine rings is 1. The quantitative estimate of drug-likeness (QED) is 0.767. The van der Waals surface area contributed by atoms with Crippen molar-refractivity contribution in [2.24, 2.45) is 0 Å². The monoisotopic (exact) mass is 203 g/mol. The lowest BCUT2D eigenvalue weighted by Crippen LogP contribution is -2.23. The molecular weight excluding hydrogens is 186 g/mol. The number of fused-ring (bicyclic) bond motifs is 1. The molecule has 2 aromatic rings. The average Bonchev–Trinajstić information content (AvgIpc) is 2.75. The van der Waals surface area contributed by atoms with Gasteiger partial charge < -0.3 is 0 Å². The molecule has 2 aromatic heterocycles. The molecule has 0 aliphatic rings. The van der Waals surface area contributed by atoms with Crippen molar-refractivity contribution in [3.8, 4) is 0 Å². The van der Waals surface area contributed by atoms with Crippen LogP contribution in [0.15, 0.2) is 24.4 Å². The molecule has 2 rings (SSSR count). The van der Waals surface area contributed by atoms with E-state index >= 15 is 0 Å². The minimum Gasteiger partial charge on any atom is -0.217 e. The summed E-state index contributed by atoms with van der Waals surface area (Å²) in [5, 5.41) is 8.10. The number of hydrogen-bond donors (Lipinski definition) is 0. The Labute approximate surface area is 90.1 Å². The van der Waals surface area contributed by atoms with Crippen LogP contribution in [0.3, 0.4) is 0 Å². The van der Waals surface area contributed by atoms with Crippen LogP contribution in [-0.2, 0) is 5.41 Å². The Morgan fingerprint density at radius 2 is 2.00 bits per heavy atom. The van der Waals surface area contributed by atoms with Gasteiger partial charge in [0.05, 0.1) is 17.4 Å². The number of aromatic nitrogens is 3. The zero-order chi connectivity index (χ0) is 10.9. The molecule has 3 nitrogen and oxygen atoms in total. The maximum Gasteiger partial charge on any atom is 0.0868 e. The van der Waals surface area contributed by atoms with Crippen LogP contribution in [0.1, 0.15) is 39.3 Å². The fraction of sp³-hybridized carbons (Fsp3) is 0.500. The normalized spacial score (nSPS) is 12.2. The third kappa shape index (κ3) is 1.52. The predicted octanol–water partition coefficient (Wildman–Crippen LogP) is 2.81. The number of hydrogen-bond acceptors (Lipinski definition) is 2. The molecule has 0 saturated carbocycles. The Hall–Kier alpha value is -1.38. The molecule has 0 fully saturated rings. The smallest absolute Gasteiger partial charge is 0.0868 e. The molecular formula is C12H17N3. The Balaban J connectivity index is 2.64. The summed E-state index contributed by atoms with van der Waals surface area (Å²) < 4.78 is 1.95. The molecule has 0 aromatic carbocycles. The van der Waals surface area contributed by atoms with Gasteiger partial charge in [0.25, 0.3) is 0 Å². The SMILES string of the molecule is CCC(C)(CC)c1cccc2cnnn12. The fourth-order valence-electron chi connectivity index (χ4n) is 1.92. The van der Waals surface area contributed by atoms with Gasteiger partial charge in [0.1, 0.15) is 0 Å². The molecule has 0 spiro atoms. The lowest BCUT2D eigenvalue weighted by atomic mass is 9.81. The van der Waals surface area contributed by atoms with Crippen molar-refractivity contribution >= 4 is 5.52 Å². The van der Waals surface area contributed by atoms with Gasteiger partial charge in [-0.1, -0.05) is 32.1 Å². The van der Waals surface area contributed by atoms with Crippen LogP contribution in [0.2, 0.25) is 0 Å². The molecule has 0 atom stereocenters. The van der Waals surface area contributed by atoms with Crippen molar-refractivity contribution in [2.45, 2.75) is 39.0 Å². The van der Waals surface area contributed by atoms with Gasteiger partial charge in [-0.2, -0.15) is 0 Å². The highest BCUT2D eigenvalue weighted by molar-refractivity contribution is 5.45. The second kappa shape index (κ2) is 3.65. The zero-order valence-corrected chi connectivity index (χ0v) is 9.57. The minimum absolute atomic E-state index is 0.188. The van der Waals surface area contributed by atoms with Crippen molar-refractivity contribution in [3.05, 3.63) is 30.1 Å². The number of nitrogens with zero attached hydrogens (tertiary/aromatic N) is 3. The molecule has 0 radical (unpaired) electrons. The zero-order valence-electron chi connectivity index (χ0n) is 9.57. The van der Waals surface area contributed by atoms with Crippen LogP contribution in [0.25, 0.3) is 5.52 Å². The summed E-state index contributed by atoms with van der Waals surface area (Å²) in [4.78, 5) is 0. The van der Waals surface area contributed by atoms with Gasteiger partial charge >= 0.3 is 0 Å². The van der Waals surface area contributed by atoms with Crippen molar-refractivity contribution in [3.63, 3.8) is 0 Å². The highest BCUT2D eigenvalue weighted by atomic mass is 15.4. The van der Waals surface area contributed by atoms with E-state index in [0.29, 0.717) is 0 Å². The molecule has 2 heterocycles. The van der Waals surface area contributed by atoms with E-state index in [1.54, 1.807) is 6.20 Å². The Morgan fingerprint density at radius 3 is 2.67 bits per heavy atom. The van der Waals surface area contributed by atoms with E-state index in [0.717, 1.165) is 18.4 Å². The van der Waals surface area contributed by atoms with E-state index in [2.05, 4.69) is 43.2 Å². The molecule has 80 valence electrons. The van der Waals surface area contributed by atoms with Crippen LogP contribution in [-0.4, -0.2) is 14.8 Å². The first-order chi connectivity index (χ1) is 7.21. The van der Waals surface area contributed by atoms with E-state index in [9.17, 15) is 0 Å². The van der Waals surface area contributed by atoms with E-state index in [-0.39, 0.29) is 5.41 Å². The molecule has 0 N–H and O–H groups in total. The molecule has 0 saturated heterocycles. The van der Waals surface area contributed by atoms with Gasteiger partial charge in [0.15, 0.2) is 0 Å². The maximum atomic E-state index is 4.15. The Morgan fingerprint density at radius 1 is 1.27 bits per heavy atom. The van der Waals surface area contributed by atoms with Crippen molar-refractivity contribution in [1.82, 2.24) is 14.8 Å². The summed E-state index contributed by atoms with van der Waals surface area (Å²) in [6.45, 7) is 6.72. The largest absolute Gasteiger partial charge is 0.217 e. The lowest BCUT2D eigenvalue weighted by molar-refractivity contribution is 0.414. The van der Waals surface area contributed by atoms with Crippen LogP contribution >= 0.6 is 0 Å². The van der Waals surface area contributed by atoms with E-state index in [1.807, 2.05) is 10.6 Å². The van der Waals surface area contributed by atoms with Crippen molar-refractivity contribution in [1.29, 1.82) is 0 Å². The minimum atomic E-state index is 0.188. The van der Waals surface area contributed by atoms with Gasteiger partial charge in [0.2, 0.25) is 0 Å². The first-order valence-electron chi connectivity index (χ1n) is 5.51. The van der Waals surface area contributed by atoms with Crippen LogP contribution < -0.4 is 0 Å². The molecule has 0 aliphatic heterocycles. The second-order valence-corrected chi connectivity index (χ2v) is 4.25. The highest BCUT2D eigenvalue weighted by Gasteiger charge is 2.25. The van der Waals surface area contributed by atoms with Crippen molar-refractivity contribution < 1.29 is 0 Å². The summed E-state index contributed by atoms with van der Waals surface area (Å²) in [5.41, 5.74) is 2.51. The highest BCUT2D eigenvalue weighted by Crippen LogP contribution is 2.30. The second-order valence-electron chi connectivity index (χ2n) is 4.25. The molecule has 0 unspecified atom stereocenters. The summed E-state index contributed by atoms with van der Waals surface area (Å²) in [7, 11) is 0. The first kappa shape index (κ1) is 10.1. The topological polar surface area (TPSA) is 30.2 Å². The maximum absolute atomic E-state index is 4.15. The van der Waals surface area contributed by atoms with Gasteiger partial charge in [-0.25, -0.2) is 4.52 Å². The number of rotatable bonds is 3. The van der Waals surface area contributed by atoms with Gasteiger partial charge in [-0.05, 0) is 25.0 Å². The van der Waals surface area contributed by atoms with Crippen LogP contribution in [0.4, 0.5) is 0 Å². The Bertz CT molecular complexity index is 455. The third-order valence-corrected chi connectivity index (χ3v) is 3.50. The predicted molar refractivity (Wildman–Crippen MR) is 60.9 cm³/mol. The summed E-state index contributed by atoms with van der Waals surface area (Å²) >= 11 is 0. The summed E-state index contributed by atoms with van der Waals surface area (Å²) in [6, 6.07) is 6.27. The molecule has 0 bridgehead atoms. The molecule has 15 heavy (non-hydrogen) atoms. The van der Waals surface area contributed by atoms with E-state index in [4.69, 9.17) is 0 Å². The molecule has 3 heteroatoms. The van der Waals surface area contributed by atoms with E-state index < -0.39 is 0 Å². The standard InChI is InChI=1S/C12H17N3/c1-4-12(3,5-2)11-8-6-7-10-9-13-14-15(10)11/h6-9H,4-5H2,1-3H3. The van der Waals surface area contributed by atoms with Gasteiger partial charge in [0, 0.05) is 5.41 Å². The molecule has 0 amide bonds. The van der Waals surface area contributed by atoms with Gasteiger partial charge in [-0.3, -0.25) is 0 Å².